The van der Waals surface area contributed by atoms with Crippen LogP contribution in [0.4, 0.5) is 4.79 Å². The zero-order chi connectivity index (χ0) is 15.1. The average Bonchev–Trinajstić information content (AvgIpc) is 3.12. The van der Waals surface area contributed by atoms with E-state index in [1.54, 1.807) is 0 Å². The first kappa shape index (κ1) is 14.7. The monoisotopic (exact) mass is 294 g/mol. The summed E-state index contributed by atoms with van der Waals surface area (Å²) in [5.74, 6) is 1.35. The number of urea groups is 1. The highest BCUT2D eigenvalue weighted by atomic mass is 16.4. The topological polar surface area (TPSA) is 69.6 Å². The van der Waals surface area contributed by atoms with Gasteiger partial charge in [0.15, 0.2) is 0 Å². The Hall–Kier alpha value is -1.26. The SMILES string of the molecule is CC1CCN(C(=O)NC(C)C2CC3CCC2C3)C1C(=O)O. The molecular weight excluding hydrogens is 268 g/mol. The number of likely N-dealkylation sites (tertiary alicyclic amines) is 1. The van der Waals surface area contributed by atoms with Crippen molar-refractivity contribution in [2.75, 3.05) is 6.54 Å². The van der Waals surface area contributed by atoms with Crippen LogP contribution in [0.3, 0.4) is 0 Å². The fourth-order valence-electron chi connectivity index (χ4n) is 4.84. The third-order valence-corrected chi connectivity index (χ3v) is 6.00. The number of carbonyl (C=O) groups is 2. The van der Waals surface area contributed by atoms with E-state index in [9.17, 15) is 14.7 Å². The van der Waals surface area contributed by atoms with Gasteiger partial charge in [0.1, 0.15) is 6.04 Å². The van der Waals surface area contributed by atoms with E-state index in [-0.39, 0.29) is 18.0 Å². The number of fused-ring (bicyclic) bond motifs is 2. The van der Waals surface area contributed by atoms with Gasteiger partial charge in [-0.05, 0) is 56.3 Å². The van der Waals surface area contributed by atoms with Gasteiger partial charge in [0.05, 0.1) is 0 Å². The predicted octanol–water partition coefficient (Wildman–Crippen LogP) is 2.32. The second-order valence-corrected chi connectivity index (χ2v) is 7.32. The zero-order valence-electron chi connectivity index (χ0n) is 12.9. The molecule has 3 rings (SSSR count). The van der Waals surface area contributed by atoms with Crippen molar-refractivity contribution in [3.63, 3.8) is 0 Å². The molecule has 0 aromatic carbocycles. The number of carboxylic acids is 1. The van der Waals surface area contributed by atoms with Gasteiger partial charge in [-0.1, -0.05) is 13.3 Å². The molecule has 2 bridgehead atoms. The number of amides is 2. The van der Waals surface area contributed by atoms with Crippen LogP contribution in [0.25, 0.3) is 0 Å². The first-order valence-electron chi connectivity index (χ1n) is 8.27. The first-order valence-corrected chi connectivity index (χ1v) is 8.27. The number of hydrogen-bond donors (Lipinski definition) is 2. The van der Waals surface area contributed by atoms with Gasteiger partial charge in [-0.15, -0.1) is 0 Å². The third-order valence-electron chi connectivity index (χ3n) is 6.00. The Kier molecular flexibility index (Phi) is 3.84. The van der Waals surface area contributed by atoms with Gasteiger partial charge in [-0.2, -0.15) is 0 Å². The molecule has 2 amide bonds. The smallest absolute Gasteiger partial charge is 0.326 e. The lowest BCUT2D eigenvalue weighted by atomic mass is 9.84. The van der Waals surface area contributed by atoms with Gasteiger partial charge in [-0.25, -0.2) is 9.59 Å². The molecule has 3 aliphatic rings. The van der Waals surface area contributed by atoms with Gasteiger partial charge < -0.3 is 15.3 Å². The summed E-state index contributed by atoms with van der Waals surface area (Å²) in [6.07, 6.45) is 5.97. The Bertz CT molecular complexity index is 439. The fraction of sp³-hybridized carbons (Fsp3) is 0.875. The molecule has 5 nitrogen and oxygen atoms in total. The van der Waals surface area contributed by atoms with E-state index in [1.807, 2.05) is 6.92 Å². The van der Waals surface area contributed by atoms with Crippen LogP contribution in [0.2, 0.25) is 0 Å². The van der Waals surface area contributed by atoms with Crippen molar-refractivity contribution < 1.29 is 14.7 Å². The molecular formula is C16H26N2O3. The minimum atomic E-state index is -0.886. The summed E-state index contributed by atoms with van der Waals surface area (Å²) < 4.78 is 0. The van der Waals surface area contributed by atoms with E-state index in [2.05, 4.69) is 12.2 Å². The van der Waals surface area contributed by atoms with Crippen LogP contribution < -0.4 is 5.32 Å². The number of aliphatic carboxylic acids is 1. The van der Waals surface area contributed by atoms with E-state index >= 15 is 0 Å². The largest absolute Gasteiger partial charge is 0.480 e. The summed E-state index contributed by atoms with van der Waals surface area (Å²) in [5.41, 5.74) is 0. The second-order valence-electron chi connectivity index (χ2n) is 7.32. The Labute approximate surface area is 126 Å². The molecule has 21 heavy (non-hydrogen) atoms. The van der Waals surface area contributed by atoms with Crippen LogP contribution in [0.1, 0.15) is 46.0 Å². The van der Waals surface area contributed by atoms with Crippen LogP contribution in [-0.4, -0.2) is 40.6 Å². The molecule has 5 heteroatoms. The lowest BCUT2D eigenvalue weighted by Gasteiger charge is -2.31. The molecule has 1 aliphatic heterocycles. The highest BCUT2D eigenvalue weighted by molar-refractivity contribution is 5.83. The number of carboxylic acid groups (broad SMARTS) is 1. The molecule has 2 aliphatic carbocycles. The molecule has 6 atom stereocenters. The highest BCUT2D eigenvalue weighted by Crippen LogP contribution is 2.49. The van der Waals surface area contributed by atoms with E-state index < -0.39 is 12.0 Å². The Morgan fingerprint density at radius 1 is 1.24 bits per heavy atom. The lowest BCUT2D eigenvalue weighted by Crippen LogP contribution is -2.51. The quantitative estimate of drug-likeness (QED) is 0.839. The van der Waals surface area contributed by atoms with Crippen LogP contribution in [-0.2, 0) is 4.79 Å². The number of carbonyl (C=O) groups excluding carboxylic acids is 1. The fourth-order valence-corrected chi connectivity index (χ4v) is 4.84. The van der Waals surface area contributed by atoms with Crippen molar-refractivity contribution in [1.82, 2.24) is 10.2 Å². The first-order chi connectivity index (χ1) is 9.97. The predicted molar refractivity (Wildman–Crippen MR) is 78.8 cm³/mol. The molecule has 6 unspecified atom stereocenters. The summed E-state index contributed by atoms with van der Waals surface area (Å²) in [6, 6.07) is -0.711. The molecule has 3 fully saturated rings. The van der Waals surface area contributed by atoms with Gasteiger partial charge in [-0.3, -0.25) is 0 Å². The average molecular weight is 294 g/mol. The maximum absolute atomic E-state index is 12.4. The Morgan fingerprint density at radius 2 is 2.00 bits per heavy atom. The Morgan fingerprint density at radius 3 is 2.57 bits per heavy atom. The van der Waals surface area contributed by atoms with Crippen molar-refractivity contribution in [3.05, 3.63) is 0 Å². The Balaban J connectivity index is 1.59. The van der Waals surface area contributed by atoms with E-state index in [4.69, 9.17) is 0 Å². The lowest BCUT2D eigenvalue weighted by molar-refractivity contribution is -0.142. The van der Waals surface area contributed by atoms with E-state index in [1.165, 1.54) is 30.6 Å². The summed E-state index contributed by atoms with van der Waals surface area (Å²) in [5, 5.41) is 12.4. The maximum Gasteiger partial charge on any atom is 0.326 e. The van der Waals surface area contributed by atoms with Crippen LogP contribution >= 0.6 is 0 Å². The highest BCUT2D eigenvalue weighted by Gasteiger charge is 2.44. The van der Waals surface area contributed by atoms with E-state index in [0.717, 1.165) is 18.3 Å². The normalized spacial score (nSPS) is 39.5. The molecule has 0 radical (unpaired) electrons. The van der Waals surface area contributed by atoms with E-state index in [0.29, 0.717) is 12.5 Å². The minimum Gasteiger partial charge on any atom is -0.480 e. The standard InChI is InChI=1S/C16H26N2O3/c1-9-5-6-18(14(9)15(19)20)16(21)17-10(2)13-8-11-3-4-12(13)7-11/h9-14H,3-8H2,1-2H3,(H,17,21)(H,19,20). The summed E-state index contributed by atoms with van der Waals surface area (Å²) in [6.45, 7) is 4.54. The molecule has 2 N–H and O–H groups in total. The molecule has 118 valence electrons. The summed E-state index contributed by atoms with van der Waals surface area (Å²) >= 11 is 0. The van der Waals surface area contributed by atoms with Crippen LogP contribution in [0, 0.1) is 23.7 Å². The third kappa shape index (κ3) is 2.62. The molecule has 1 heterocycles. The summed E-state index contributed by atoms with van der Waals surface area (Å²) in [4.78, 5) is 25.3. The number of nitrogens with one attached hydrogen (secondary N) is 1. The second kappa shape index (κ2) is 5.50. The van der Waals surface area contributed by atoms with Gasteiger partial charge >= 0.3 is 12.0 Å². The van der Waals surface area contributed by atoms with Crippen molar-refractivity contribution in [3.8, 4) is 0 Å². The molecule has 1 saturated heterocycles. The molecule has 2 saturated carbocycles. The number of nitrogens with zero attached hydrogens (tertiary/aromatic N) is 1. The zero-order valence-corrected chi connectivity index (χ0v) is 12.9. The van der Waals surface area contributed by atoms with Crippen molar-refractivity contribution in [2.45, 2.75) is 58.0 Å². The molecule has 0 aromatic heterocycles. The summed E-state index contributed by atoms with van der Waals surface area (Å²) in [7, 11) is 0. The van der Waals surface area contributed by atoms with Crippen LogP contribution in [0.15, 0.2) is 0 Å². The van der Waals surface area contributed by atoms with Crippen molar-refractivity contribution in [2.24, 2.45) is 23.7 Å². The number of hydrogen-bond acceptors (Lipinski definition) is 2. The maximum atomic E-state index is 12.4. The minimum absolute atomic E-state index is 0.0334. The molecule has 0 aromatic rings. The van der Waals surface area contributed by atoms with Crippen LogP contribution in [0.5, 0.6) is 0 Å². The van der Waals surface area contributed by atoms with Crippen molar-refractivity contribution >= 4 is 12.0 Å². The van der Waals surface area contributed by atoms with Gasteiger partial charge in [0.2, 0.25) is 0 Å². The van der Waals surface area contributed by atoms with Crippen molar-refractivity contribution in [1.29, 1.82) is 0 Å². The molecule has 0 spiro atoms. The van der Waals surface area contributed by atoms with Gasteiger partial charge in [0, 0.05) is 12.6 Å². The number of rotatable bonds is 3. The van der Waals surface area contributed by atoms with Gasteiger partial charge in [0.25, 0.3) is 0 Å².